The molecule has 3 heteroatoms. The summed E-state index contributed by atoms with van der Waals surface area (Å²) >= 11 is 0. The van der Waals surface area contributed by atoms with E-state index in [2.05, 4.69) is 16.8 Å². The van der Waals surface area contributed by atoms with E-state index in [1.54, 1.807) is 6.92 Å². The molecule has 0 amide bonds. The van der Waals surface area contributed by atoms with Gasteiger partial charge in [-0.25, -0.2) is 0 Å². The van der Waals surface area contributed by atoms with Gasteiger partial charge in [-0.15, -0.1) is 0 Å². The molecule has 1 fully saturated rings. The summed E-state index contributed by atoms with van der Waals surface area (Å²) in [6, 6.07) is 0. The van der Waals surface area contributed by atoms with Crippen molar-refractivity contribution in [3.8, 4) is 12.0 Å². The highest BCUT2D eigenvalue weighted by atomic mass is 16.5. The minimum atomic E-state index is -0.278. The van der Waals surface area contributed by atoms with Crippen LogP contribution in [-0.2, 0) is 14.3 Å². The fraction of sp³-hybridized carbons (Fsp3) is 0.700. The Hall–Kier alpha value is -1.01. The Morgan fingerprint density at radius 3 is 3.15 bits per heavy atom. The monoisotopic (exact) mass is 182 g/mol. The third kappa shape index (κ3) is 3.95. The fourth-order valence-corrected chi connectivity index (χ4v) is 1.13. The smallest absolute Gasteiger partial charge is 0.319 e. The van der Waals surface area contributed by atoms with E-state index in [1.165, 1.54) is 0 Å². The standard InChI is InChI=1S/C10H14O3/c1-2-10(11)13-8-4-6-9-5-3-7-12-9/h9H,2-3,5-7H2,1H3/t9-/m1/s1. The molecule has 0 bridgehead atoms. The SMILES string of the molecule is CCC(=O)OC#CC[C@H]1CCCO1. The lowest BCUT2D eigenvalue weighted by Crippen LogP contribution is -2.02. The molecule has 1 aliphatic heterocycles. The van der Waals surface area contributed by atoms with E-state index < -0.39 is 0 Å². The molecule has 0 aromatic carbocycles. The second kappa shape index (κ2) is 5.60. The van der Waals surface area contributed by atoms with Crippen molar-refractivity contribution in [3.05, 3.63) is 0 Å². The van der Waals surface area contributed by atoms with Gasteiger partial charge < -0.3 is 9.47 Å². The van der Waals surface area contributed by atoms with Crippen molar-refractivity contribution >= 4 is 5.97 Å². The van der Waals surface area contributed by atoms with E-state index in [-0.39, 0.29) is 12.1 Å². The molecule has 1 atom stereocenters. The Bertz CT molecular complexity index is 218. The number of rotatable bonds is 2. The molecule has 0 unspecified atom stereocenters. The molecule has 1 saturated heterocycles. The second-order valence-electron chi connectivity index (χ2n) is 2.95. The molecule has 1 rings (SSSR count). The molecule has 0 saturated carbocycles. The summed E-state index contributed by atoms with van der Waals surface area (Å²) in [5.74, 6) is 2.50. The van der Waals surface area contributed by atoms with Crippen LogP contribution >= 0.6 is 0 Å². The van der Waals surface area contributed by atoms with Gasteiger partial charge in [0, 0.05) is 19.4 Å². The maximum atomic E-state index is 10.7. The zero-order chi connectivity index (χ0) is 9.52. The van der Waals surface area contributed by atoms with Gasteiger partial charge in [-0.2, -0.15) is 0 Å². The van der Waals surface area contributed by atoms with Crippen LogP contribution in [0.5, 0.6) is 0 Å². The number of ether oxygens (including phenoxy) is 2. The summed E-state index contributed by atoms with van der Waals surface area (Å²) in [7, 11) is 0. The highest BCUT2D eigenvalue weighted by molar-refractivity contribution is 5.70. The lowest BCUT2D eigenvalue weighted by atomic mass is 10.2. The van der Waals surface area contributed by atoms with Crippen molar-refractivity contribution in [2.24, 2.45) is 0 Å². The van der Waals surface area contributed by atoms with Gasteiger partial charge in [0.25, 0.3) is 0 Å². The Balaban J connectivity index is 2.12. The van der Waals surface area contributed by atoms with Crippen LogP contribution in [0.25, 0.3) is 0 Å². The predicted molar refractivity (Wildman–Crippen MR) is 47.8 cm³/mol. The summed E-state index contributed by atoms with van der Waals surface area (Å²) in [6.07, 6.45) is 5.84. The average molecular weight is 182 g/mol. The van der Waals surface area contributed by atoms with E-state index in [0.29, 0.717) is 12.8 Å². The van der Waals surface area contributed by atoms with E-state index in [0.717, 1.165) is 19.4 Å². The third-order valence-electron chi connectivity index (χ3n) is 1.88. The first-order chi connectivity index (χ1) is 6.33. The first kappa shape index (κ1) is 10.1. The molecule has 0 N–H and O–H groups in total. The molecule has 0 aliphatic carbocycles. The van der Waals surface area contributed by atoms with Crippen molar-refractivity contribution < 1.29 is 14.3 Å². The van der Waals surface area contributed by atoms with Crippen molar-refractivity contribution in [1.29, 1.82) is 0 Å². The zero-order valence-electron chi connectivity index (χ0n) is 7.84. The average Bonchev–Trinajstić information content (AvgIpc) is 2.64. The van der Waals surface area contributed by atoms with Crippen LogP contribution in [0.4, 0.5) is 0 Å². The van der Waals surface area contributed by atoms with Crippen LogP contribution in [0.1, 0.15) is 32.6 Å². The molecular weight excluding hydrogens is 168 g/mol. The Kier molecular flexibility index (Phi) is 4.34. The van der Waals surface area contributed by atoms with Gasteiger partial charge in [-0.3, -0.25) is 4.79 Å². The molecule has 0 aromatic rings. The third-order valence-corrected chi connectivity index (χ3v) is 1.88. The van der Waals surface area contributed by atoms with Crippen LogP contribution in [0, 0.1) is 12.0 Å². The largest absolute Gasteiger partial charge is 0.377 e. The normalized spacial score (nSPS) is 20.5. The molecule has 1 aliphatic rings. The predicted octanol–water partition coefficient (Wildman–Crippen LogP) is 1.47. The van der Waals surface area contributed by atoms with Crippen molar-refractivity contribution in [2.75, 3.05) is 6.61 Å². The van der Waals surface area contributed by atoms with Crippen LogP contribution < -0.4 is 0 Å². The van der Waals surface area contributed by atoms with Gasteiger partial charge in [0.1, 0.15) is 6.11 Å². The van der Waals surface area contributed by atoms with Crippen molar-refractivity contribution in [1.82, 2.24) is 0 Å². The van der Waals surface area contributed by atoms with Crippen LogP contribution in [0.15, 0.2) is 0 Å². The molecule has 3 nitrogen and oxygen atoms in total. The summed E-state index contributed by atoms with van der Waals surface area (Å²) in [4.78, 5) is 10.7. The molecule has 0 aromatic heterocycles. The number of hydrogen-bond donors (Lipinski definition) is 0. The number of carbonyl (C=O) groups excluding carboxylic acids is 1. The van der Waals surface area contributed by atoms with E-state index in [9.17, 15) is 4.79 Å². The lowest BCUT2D eigenvalue weighted by Gasteiger charge is -2.01. The topological polar surface area (TPSA) is 35.5 Å². The Morgan fingerprint density at radius 1 is 1.69 bits per heavy atom. The molecular formula is C10H14O3. The van der Waals surface area contributed by atoms with Crippen molar-refractivity contribution in [2.45, 2.75) is 38.7 Å². The highest BCUT2D eigenvalue weighted by Crippen LogP contribution is 2.14. The second-order valence-corrected chi connectivity index (χ2v) is 2.95. The van der Waals surface area contributed by atoms with E-state index in [1.807, 2.05) is 0 Å². The summed E-state index contributed by atoms with van der Waals surface area (Å²) < 4.78 is 9.94. The van der Waals surface area contributed by atoms with Gasteiger partial charge in [-0.1, -0.05) is 12.8 Å². The van der Waals surface area contributed by atoms with Gasteiger partial charge in [0.15, 0.2) is 0 Å². The molecule has 0 radical (unpaired) electrons. The summed E-state index contributed by atoms with van der Waals surface area (Å²) in [5, 5.41) is 0. The van der Waals surface area contributed by atoms with Crippen LogP contribution in [-0.4, -0.2) is 18.7 Å². The Labute approximate surface area is 78.4 Å². The van der Waals surface area contributed by atoms with Gasteiger partial charge in [0.2, 0.25) is 0 Å². The lowest BCUT2D eigenvalue weighted by molar-refractivity contribution is -0.136. The minimum Gasteiger partial charge on any atom is -0.377 e. The quantitative estimate of drug-likeness (QED) is 0.479. The molecule has 13 heavy (non-hydrogen) atoms. The number of carbonyl (C=O) groups is 1. The fourth-order valence-electron chi connectivity index (χ4n) is 1.13. The zero-order valence-corrected chi connectivity index (χ0v) is 7.84. The van der Waals surface area contributed by atoms with Crippen LogP contribution in [0.2, 0.25) is 0 Å². The minimum absolute atomic E-state index is 0.243. The van der Waals surface area contributed by atoms with Crippen LogP contribution in [0.3, 0.4) is 0 Å². The maximum absolute atomic E-state index is 10.7. The first-order valence-corrected chi connectivity index (χ1v) is 4.62. The van der Waals surface area contributed by atoms with Crippen molar-refractivity contribution in [3.63, 3.8) is 0 Å². The van der Waals surface area contributed by atoms with E-state index in [4.69, 9.17) is 4.74 Å². The molecule has 72 valence electrons. The highest BCUT2D eigenvalue weighted by Gasteiger charge is 2.13. The van der Waals surface area contributed by atoms with E-state index >= 15 is 0 Å². The van der Waals surface area contributed by atoms with Gasteiger partial charge >= 0.3 is 5.97 Å². The maximum Gasteiger partial charge on any atom is 0.319 e. The summed E-state index contributed by atoms with van der Waals surface area (Å²) in [6.45, 7) is 2.57. The molecule has 1 heterocycles. The van der Waals surface area contributed by atoms with Gasteiger partial charge in [0.05, 0.1) is 6.10 Å². The summed E-state index contributed by atoms with van der Waals surface area (Å²) in [5.41, 5.74) is 0. The first-order valence-electron chi connectivity index (χ1n) is 4.62. The Morgan fingerprint density at radius 2 is 2.54 bits per heavy atom. The number of esters is 1. The van der Waals surface area contributed by atoms with Gasteiger partial charge in [-0.05, 0) is 12.8 Å². The number of hydrogen-bond acceptors (Lipinski definition) is 3. The molecule has 0 spiro atoms.